The van der Waals surface area contributed by atoms with Gasteiger partial charge >= 0.3 is 0 Å². The summed E-state index contributed by atoms with van der Waals surface area (Å²) in [6, 6.07) is 65.6. The Morgan fingerprint density at radius 3 is 1.44 bits per heavy atom. The van der Waals surface area contributed by atoms with Crippen LogP contribution >= 0.6 is 0 Å². The van der Waals surface area contributed by atoms with Crippen LogP contribution in [0, 0.1) is 0 Å². The zero-order chi connectivity index (χ0) is 35.6. The van der Waals surface area contributed by atoms with Crippen molar-refractivity contribution < 1.29 is 0 Å². The number of hydrogen-bond donors (Lipinski definition) is 0. The van der Waals surface area contributed by atoms with E-state index in [-0.39, 0.29) is 5.92 Å². The first kappa shape index (κ1) is 30.8. The molecule has 0 saturated carbocycles. The molecule has 0 aliphatic heterocycles. The lowest BCUT2D eigenvalue weighted by Gasteiger charge is -2.24. The zero-order valence-electron chi connectivity index (χ0n) is 29.8. The molecule has 1 aliphatic carbocycles. The summed E-state index contributed by atoms with van der Waals surface area (Å²) in [5, 5.41) is 15.5. The highest BCUT2D eigenvalue weighted by molar-refractivity contribution is 6.34. The van der Waals surface area contributed by atoms with Crippen molar-refractivity contribution in [1.29, 1.82) is 0 Å². The average Bonchev–Trinajstić information content (AvgIpc) is 3.25. The van der Waals surface area contributed by atoms with Gasteiger partial charge in [0.05, 0.1) is 0 Å². The van der Waals surface area contributed by atoms with Gasteiger partial charge in [-0.3, -0.25) is 0 Å². The molecule has 252 valence electrons. The predicted molar refractivity (Wildman–Crippen MR) is 233 cm³/mol. The molecule has 54 heavy (non-hydrogen) atoms. The quantitative estimate of drug-likeness (QED) is 0.128. The van der Waals surface area contributed by atoms with E-state index in [0.29, 0.717) is 0 Å². The van der Waals surface area contributed by atoms with E-state index in [1.165, 1.54) is 104 Å². The Labute approximate surface area is 314 Å². The van der Waals surface area contributed by atoms with E-state index >= 15 is 0 Å². The highest BCUT2D eigenvalue weighted by atomic mass is 14.3. The normalized spacial score (nSPS) is 14.3. The summed E-state index contributed by atoms with van der Waals surface area (Å²) in [6.07, 6.45) is 10.1. The van der Waals surface area contributed by atoms with E-state index < -0.39 is 0 Å². The molecule has 1 atom stereocenters. The number of benzene rings is 10. The summed E-state index contributed by atoms with van der Waals surface area (Å²) in [4.78, 5) is 0. The largest absolute Gasteiger partial charge is 0.0836 e. The number of hydrogen-bond acceptors (Lipinski definition) is 0. The molecule has 10 aromatic rings. The van der Waals surface area contributed by atoms with Gasteiger partial charge in [-0.1, -0.05) is 176 Å². The molecule has 0 fully saturated rings. The van der Waals surface area contributed by atoms with E-state index in [2.05, 4.69) is 200 Å². The second-order valence-corrected chi connectivity index (χ2v) is 14.7. The fourth-order valence-electron chi connectivity index (χ4n) is 9.32. The van der Waals surface area contributed by atoms with Gasteiger partial charge in [0.25, 0.3) is 0 Å². The van der Waals surface area contributed by atoms with Gasteiger partial charge in [0, 0.05) is 5.92 Å². The molecular formula is C54H36. The summed E-state index contributed by atoms with van der Waals surface area (Å²) in [5.41, 5.74) is 8.95. The first-order valence-corrected chi connectivity index (χ1v) is 19.0. The Bertz CT molecular complexity index is 3150. The molecule has 0 amide bonds. The highest BCUT2D eigenvalue weighted by Gasteiger charge is 2.23. The van der Waals surface area contributed by atoms with Crippen molar-refractivity contribution in [2.24, 2.45) is 0 Å². The smallest absolute Gasteiger partial charge is 0.00620 e. The molecule has 0 saturated heterocycles. The second-order valence-electron chi connectivity index (χ2n) is 14.7. The molecule has 0 N–H and O–H groups in total. The minimum Gasteiger partial charge on any atom is -0.0836 e. The Balaban J connectivity index is 1.43. The maximum absolute atomic E-state index is 2.56. The van der Waals surface area contributed by atoms with Gasteiger partial charge in [-0.2, -0.15) is 0 Å². The SMILES string of the molecule is C1=CCC(c2ccc(-c3ccccc3)c3c4cc5ccccc5cc4c4cc5c(-c6ccccc6)c6ccccc6c(-c6ccccc6)c5cc4c23)C=C1. The molecule has 10 aromatic carbocycles. The average molecular weight is 685 g/mol. The maximum Gasteiger partial charge on any atom is 0.00620 e. The number of fused-ring (bicyclic) bond motifs is 9. The van der Waals surface area contributed by atoms with Crippen LogP contribution in [0.1, 0.15) is 17.9 Å². The van der Waals surface area contributed by atoms with Crippen molar-refractivity contribution in [3.8, 4) is 33.4 Å². The second kappa shape index (κ2) is 12.4. The lowest BCUT2D eigenvalue weighted by molar-refractivity contribution is 0.863. The molecule has 0 spiro atoms. The van der Waals surface area contributed by atoms with E-state index in [0.717, 1.165) is 6.42 Å². The molecule has 0 heterocycles. The maximum atomic E-state index is 2.56. The molecule has 0 nitrogen and oxygen atoms in total. The molecule has 0 radical (unpaired) electrons. The van der Waals surface area contributed by atoms with Crippen LogP contribution in [0.15, 0.2) is 200 Å². The van der Waals surface area contributed by atoms with Crippen molar-refractivity contribution >= 4 is 64.6 Å². The van der Waals surface area contributed by atoms with E-state index in [1.807, 2.05) is 0 Å². The van der Waals surface area contributed by atoms with Crippen molar-refractivity contribution in [2.45, 2.75) is 12.3 Å². The van der Waals surface area contributed by atoms with Gasteiger partial charge in [-0.25, -0.2) is 0 Å². The third kappa shape index (κ3) is 4.77. The summed E-state index contributed by atoms with van der Waals surface area (Å²) in [7, 11) is 0. The van der Waals surface area contributed by atoms with Gasteiger partial charge in [-0.15, -0.1) is 0 Å². The summed E-state index contributed by atoms with van der Waals surface area (Å²) < 4.78 is 0. The van der Waals surface area contributed by atoms with E-state index in [1.54, 1.807) is 0 Å². The summed E-state index contributed by atoms with van der Waals surface area (Å²) in [5.74, 6) is 0.282. The van der Waals surface area contributed by atoms with E-state index in [4.69, 9.17) is 0 Å². The first-order chi connectivity index (χ1) is 26.8. The Kier molecular flexibility index (Phi) is 7.10. The molecule has 11 rings (SSSR count). The van der Waals surface area contributed by atoms with Crippen LogP contribution in [0.3, 0.4) is 0 Å². The fraction of sp³-hybridized carbons (Fsp3) is 0.0370. The summed E-state index contributed by atoms with van der Waals surface area (Å²) >= 11 is 0. The Morgan fingerprint density at radius 1 is 0.352 bits per heavy atom. The molecule has 1 aliphatic rings. The number of rotatable bonds is 4. The topological polar surface area (TPSA) is 0 Å². The lowest BCUT2D eigenvalue weighted by Crippen LogP contribution is -2.00. The van der Waals surface area contributed by atoms with E-state index in [9.17, 15) is 0 Å². The van der Waals surface area contributed by atoms with Crippen molar-refractivity contribution in [2.75, 3.05) is 0 Å². The van der Waals surface area contributed by atoms with Crippen molar-refractivity contribution in [3.05, 3.63) is 206 Å². The Morgan fingerprint density at radius 2 is 0.852 bits per heavy atom. The lowest BCUT2D eigenvalue weighted by atomic mass is 9.79. The number of allylic oxidation sites excluding steroid dienone is 4. The predicted octanol–water partition coefficient (Wildman–Crippen LogP) is 15.2. The monoisotopic (exact) mass is 684 g/mol. The zero-order valence-corrected chi connectivity index (χ0v) is 29.8. The van der Waals surface area contributed by atoms with Crippen LogP contribution < -0.4 is 0 Å². The van der Waals surface area contributed by atoms with Crippen molar-refractivity contribution in [1.82, 2.24) is 0 Å². The van der Waals surface area contributed by atoms with Gasteiger partial charge in [0.2, 0.25) is 0 Å². The third-order valence-corrected chi connectivity index (χ3v) is 11.7. The van der Waals surface area contributed by atoms with Gasteiger partial charge in [-0.05, 0) is 134 Å². The third-order valence-electron chi connectivity index (χ3n) is 11.7. The Hall–Kier alpha value is -6.76. The summed E-state index contributed by atoms with van der Waals surface area (Å²) in [6.45, 7) is 0. The van der Waals surface area contributed by atoms with Crippen molar-refractivity contribution in [3.63, 3.8) is 0 Å². The standard InChI is InChI=1S/C54H36/c1-5-17-35(18-6-1)41-29-30-42(36-19-7-2-8-20-36)54-48-34-50-49(33-46(48)45-31-39-25-13-14-26-40(39)32-47(45)53(41)54)51(37-21-9-3-10-22-37)43-27-15-16-28-44(43)52(50)38-23-11-4-12-24-38/h1-19,21-34,36H,20H2. The minimum absolute atomic E-state index is 0.282. The first-order valence-electron chi connectivity index (χ1n) is 19.0. The molecular weight excluding hydrogens is 649 g/mol. The van der Waals surface area contributed by atoms with Gasteiger partial charge in [0.1, 0.15) is 0 Å². The molecule has 0 heteroatoms. The van der Waals surface area contributed by atoms with Crippen LogP contribution in [-0.4, -0.2) is 0 Å². The van der Waals surface area contributed by atoms with Crippen LogP contribution in [0.2, 0.25) is 0 Å². The van der Waals surface area contributed by atoms with Crippen LogP contribution in [0.25, 0.3) is 98.0 Å². The molecule has 0 bridgehead atoms. The van der Waals surface area contributed by atoms with Gasteiger partial charge < -0.3 is 0 Å². The minimum atomic E-state index is 0.282. The van der Waals surface area contributed by atoms with Crippen LogP contribution in [0.4, 0.5) is 0 Å². The van der Waals surface area contributed by atoms with Crippen LogP contribution in [-0.2, 0) is 0 Å². The van der Waals surface area contributed by atoms with Crippen LogP contribution in [0.5, 0.6) is 0 Å². The highest BCUT2D eigenvalue weighted by Crippen LogP contribution is 2.50. The molecule has 0 aromatic heterocycles. The fourth-order valence-corrected chi connectivity index (χ4v) is 9.32. The molecule has 1 unspecified atom stereocenters. The van der Waals surface area contributed by atoms with Gasteiger partial charge in [0.15, 0.2) is 0 Å².